The summed E-state index contributed by atoms with van der Waals surface area (Å²) in [5.74, 6) is 0. The Morgan fingerprint density at radius 2 is 2.19 bits per heavy atom. The maximum atomic E-state index is 12.8. The molecule has 114 valence electrons. The van der Waals surface area contributed by atoms with E-state index in [-0.39, 0.29) is 5.41 Å². The van der Waals surface area contributed by atoms with Crippen molar-refractivity contribution in [1.82, 2.24) is 4.31 Å². The van der Waals surface area contributed by atoms with Gasteiger partial charge in [0.1, 0.15) is 4.21 Å². The van der Waals surface area contributed by atoms with Gasteiger partial charge in [-0.15, -0.1) is 11.3 Å². The average molecular weight is 345 g/mol. The second kappa shape index (κ2) is 5.21. The summed E-state index contributed by atoms with van der Waals surface area (Å²) in [6.45, 7) is 3.56. The van der Waals surface area contributed by atoms with E-state index in [0.29, 0.717) is 28.9 Å². The molecular formula is C14H17ClN2O2S2. The minimum absolute atomic E-state index is 0.118. The normalized spacial score (nSPS) is 24.0. The largest absolute Gasteiger partial charge is 0.330 e. The van der Waals surface area contributed by atoms with Crippen LogP contribution in [0, 0.1) is 5.41 Å². The predicted octanol–water partition coefficient (Wildman–Crippen LogP) is 2.91. The predicted molar refractivity (Wildman–Crippen MR) is 87.4 cm³/mol. The van der Waals surface area contributed by atoms with Crippen LogP contribution >= 0.6 is 22.9 Å². The number of halogens is 1. The van der Waals surface area contributed by atoms with Crippen molar-refractivity contribution in [3.05, 3.63) is 29.3 Å². The molecule has 3 rings (SSSR count). The Morgan fingerprint density at radius 3 is 2.86 bits per heavy atom. The van der Waals surface area contributed by atoms with Crippen LogP contribution in [0.25, 0.3) is 10.1 Å². The first-order chi connectivity index (χ1) is 9.84. The van der Waals surface area contributed by atoms with Crippen LogP contribution in [0.1, 0.15) is 13.3 Å². The van der Waals surface area contributed by atoms with E-state index in [2.05, 4.69) is 0 Å². The number of nitrogens with two attached hydrogens (primary N) is 1. The Labute approximate surface area is 133 Å². The molecule has 0 amide bonds. The van der Waals surface area contributed by atoms with Gasteiger partial charge in [0.05, 0.1) is 0 Å². The van der Waals surface area contributed by atoms with Crippen LogP contribution in [0.15, 0.2) is 28.5 Å². The van der Waals surface area contributed by atoms with Gasteiger partial charge >= 0.3 is 0 Å². The Kier molecular flexibility index (Phi) is 3.78. The third kappa shape index (κ3) is 2.71. The van der Waals surface area contributed by atoms with E-state index in [1.807, 2.05) is 13.0 Å². The SMILES string of the molecule is CC1(CN)CCN(S(=O)(=O)c2cc3cc(Cl)ccc3s2)C1. The van der Waals surface area contributed by atoms with E-state index < -0.39 is 10.0 Å². The van der Waals surface area contributed by atoms with E-state index in [4.69, 9.17) is 17.3 Å². The van der Waals surface area contributed by atoms with E-state index in [1.54, 1.807) is 22.5 Å². The molecule has 0 saturated carbocycles. The molecule has 2 aromatic rings. The summed E-state index contributed by atoms with van der Waals surface area (Å²) < 4.78 is 28.4. The highest BCUT2D eigenvalue weighted by Gasteiger charge is 2.39. The van der Waals surface area contributed by atoms with Gasteiger partial charge in [0.25, 0.3) is 10.0 Å². The van der Waals surface area contributed by atoms with Crippen molar-refractivity contribution < 1.29 is 8.42 Å². The molecule has 2 heterocycles. The molecule has 1 atom stereocenters. The van der Waals surface area contributed by atoms with Crippen molar-refractivity contribution in [3.8, 4) is 0 Å². The average Bonchev–Trinajstić information content (AvgIpc) is 3.03. The van der Waals surface area contributed by atoms with Gasteiger partial charge in [0.15, 0.2) is 0 Å². The van der Waals surface area contributed by atoms with Gasteiger partial charge in [-0.25, -0.2) is 8.42 Å². The summed E-state index contributed by atoms with van der Waals surface area (Å²) in [6, 6.07) is 7.13. The fourth-order valence-electron chi connectivity index (χ4n) is 2.59. The van der Waals surface area contributed by atoms with Crippen molar-refractivity contribution >= 4 is 43.0 Å². The lowest BCUT2D eigenvalue weighted by Crippen LogP contribution is -2.34. The Balaban J connectivity index is 1.97. The van der Waals surface area contributed by atoms with Crippen LogP contribution < -0.4 is 5.73 Å². The fraction of sp³-hybridized carbons (Fsp3) is 0.429. The standard InChI is InChI=1S/C14H17ClN2O2S2/c1-14(8-16)4-5-17(9-14)21(18,19)13-7-10-6-11(15)2-3-12(10)20-13/h2-3,6-7H,4-5,8-9,16H2,1H3. The lowest BCUT2D eigenvalue weighted by atomic mass is 9.90. The zero-order valence-corrected chi connectivity index (χ0v) is 14.1. The maximum Gasteiger partial charge on any atom is 0.252 e. The van der Waals surface area contributed by atoms with Gasteiger partial charge in [-0.1, -0.05) is 18.5 Å². The Hall–Kier alpha value is -0.660. The first-order valence-corrected chi connectivity index (χ1v) is 9.37. The van der Waals surface area contributed by atoms with Crippen molar-refractivity contribution in [1.29, 1.82) is 0 Å². The number of hydrogen-bond acceptors (Lipinski definition) is 4. The van der Waals surface area contributed by atoms with Gasteiger partial charge in [-0.3, -0.25) is 0 Å². The lowest BCUT2D eigenvalue weighted by Gasteiger charge is -2.21. The van der Waals surface area contributed by atoms with Gasteiger partial charge in [-0.05, 0) is 48.0 Å². The van der Waals surface area contributed by atoms with Crippen LogP contribution in [0.3, 0.4) is 0 Å². The van der Waals surface area contributed by atoms with E-state index in [9.17, 15) is 8.42 Å². The molecule has 4 nitrogen and oxygen atoms in total. The van der Waals surface area contributed by atoms with Crippen molar-refractivity contribution in [2.75, 3.05) is 19.6 Å². The van der Waals surface area contributed by atoms with E-state index in [0.717, 1.165) is 16.5 Å². The zero-order chi connectivity index (χ0) is 15.3. The smallest absolute Gasteiger partial charge is 0.252 e. The molecule has 1 aromatic heterocycles. The molecule has 0 spiro atoms. The number of hydrogen-bond donors (Lipinski definition) is 1. The molecule has 1 aromatic carbocycles. The molecule has 1 saturated heterocycles. The molecule has 1 unspecified atom stereocenters. The van der Waals surface area contributed by atoms with Gasteiger partial charge in [0, 0.05) is 22.8 Å². The quantitative estimate of drug-likeness (QED) is 0.931. The highest BCUT2D eigenvalue weighted by Crippen LogP contribution is 2.37. The summed E-state index contributed by atoms with van der Waals surface area (Å²) in [4.78, 5) is 0. The van der Waals surface area contributed by atoms with Crippen molar-refractivity contribution in [3.63, 3.8) is 0 Å². The van der Waals surface area contributed by atoms with Gasteiger partial charge in [0.2, 0.25) is 0 Å². The molecule has 0 bridgehead atoms. The summed E-state index contributed by atoms with van der Waals surface area (Å²) in [7, 11) is -3.44. The fourth-order valence-corrected chi connectivity index (χ4v) is 5.90. The molecule has 7 heteroatoms. The molecule has 2 N–H and O–H groups in total. The first kappa shape index (κ1) is 15.2. The first-order valence-electron chi connectivity index (χ1n) is 6.73. The Bertz CT molecular complexity index is 787. The minimum Gasteiger partial charge on any atom is -0.330 e. The van der Waals surface area contributed by atoms with E-state index in [1.165, 1.54) is 11.3 Å². The van der Waals surface area contributed by atoms with Gasteiger partial charge < -0.3 is 5.73 Å². The topological polar surface area (TPSA) is 63.4 Å². The number of sulfonamides is 1. The summed E-state index contributed by atoms with van der Waals surface area (Å²) in [6.07, 6.45) is 0.805. The highest BCUT2D eigenvalue weighted by molar-refractivity contribution is 7.91. The summed E-state index contributed by atoms with van der Waals surface area (Å²) in [5.41, 5.74) is 5.64. The van der Waals surface area contributed by atoms with Gasteiger partial charge in [-0.2, -0.15) is 4.31 Å². The third-order valence-electron chi connectivity index (χ3n) is 4.07. The van der Waals surface area contributed by atoms with Crippen LogP contribution in [0.5, 0.6) is 0 Å². The lowest BCUT2D eigenvalue weighted by molar-refractivity contribution is 0.350. The number of rotatable bonds is 3. The number of fused-ring (bicyclic) bond motifs is 1. The maximum absolute atomic E-state index is 12.8. The van der Waals surface area contributed by atoms with Crippen LogP contribution in [0.4, 0.5) is 0 Å². The minimum atomic E-state index is -3.44. The molecule has 1 aliphatic rings. The second-order valence-electron chi connectivity index (χ2n) is 5.85. The molecule has 1 aliphatic heterocycles. The highest BCUT2D eigenvalue weighted by atomic mass is 35.5. The number of thiophene rings is 1. The van der Waals surface area contributed by atoms with Crippen LogP contribution in [-0.2, 0) is 10.0 Å². The molecule has 0 aliphatic carbocycles. The van der Waals surface area contributed by atoms with Crippen molar-refractivity contribution in [2.24, 2.45) is 11.1 Å². The van der Waals surface area contributed by atoms with Crippen LogP contribution in [-0.4, -0.2) is 32.4 Å². The third-order valence-corrected chi connectivity index (χ3v) is 7.71. The molecule has 21 heavy (non-hydrogen) atoms. The molecular weight excluding hydrogens is 328 g/mol. The van der Waals surface area contributed by atoms with Crippen molar-refractivity contribution in [2.45, 2.75) is 17.6 Å². The molecule has 0 radical (unpaired) electrons. The van der Waals surface area contributed by atoms with E-state index >= 15 is 0 Å². The number of benzene rings is 1. The van der Waals surface area contributed by atoms with Crippen LogP contribution in [0.2, 0.25) is 5.02 Å². The zero-order valence-electron chi connectivity index (χ0n) is 11.7. The second-order valence-corrected chi connectivity index (χ2v) is 9.54. The Morgan fingerprint density at radius 1 is 1.43 bits per heavy atom. The molecule has 1 fully saturated rings. The summed E-state index contributed by atoms with van der Waals surface area (Å²) >= 11 is 7.24. The summed E-state index contributed by atoms with van der Waals surface area (Å²) in [5, 5.41) is 1.48. The number of nitrogens with zero attached hydrogens (tertiary/aromatic N) is 1. The monoisotopic (exact) mass is 344 g/mol.